The highest BCUT2D eigenvalue weighted by atomic mass is 16.5. The molecule has 2 saturated heterocycles. The fourth-order valence-electron chi connectivity index (χ4n) is 2.70. The van der Waals surface area contributed by atoms with E-state index in [4.69, 9.17) is 9.47 Å². The Balaban J connectivity index is 1.59. The zero-order valence-corrected chi connectivity index (χ0v) is 12.0. The maximum absolute atomic E-state index is 12.0. The van der Waals surface area contributed by atoms with Crippen LogP contribution >= 0.6 is 0 Å². The number of carbonyl (C=O) groups excluding carboxylic acids is 1. The number of morpholine rings is 1. The highest BCUT2D eigenvalue weighted by molar-refractivity contribution is 5.72. The molecule has 2 aliphatic heterocycles. The molecule has 5 nitrogen and oxygen atoms in total. The molecule has 2 rings (SSSR count). The summed E-state index contributed by atoms with van der Waals surface area (Å²) in [6.07, 6.45) is 1.90. The Morgan fingerprint density at radius 3 is 2.47 bits per heavy atom. The molecule has 2 fully saturated rings. The molecule has 5 heteroatoms. The van der Waals surface area contributed by atoms with Crippen molar-refractivity contribution in [3.63, 3.8) is 0 Å². The van der Waals surface area contributed by atoms with Gasteiger partial charge in [0.25, 0.3) is 0 Å². The number of esters is 1. The van der Waals surface area contributed by atoms with E-state index in [0.29, 0.717) is 6.61 Å². The third-order valence-electron chi connectivity index (χ3n) is 4.12. The third-order valence-corrected chi connectivity index (χ3v) is 4.12. The first-order valence-corrected chi connectivity index (χ1v) is 7.48. The third kappa shape index (κ3) is 4.75. The predicted octanol–water partition coefficient (Wildman–Crippen LogP) is 0.594. The summed E-state index contributed by atoms with van der Waals surface area (Å²) < 4.78 is 10.7. The van der Waals surface area contributed by atoms with Gasteiger partial charge in [-0.05, 0) is 32.5 Å². The van der Waals surface area contributed by atoms with Gasteiger partial charge in [-0.3, -0.25) is 9.69 Å². The molecule has 0 N–H and O–H groups in total. The monoisotopic (exact) mass is 270 g/mol. The minimum atomic E-state index is 0.00372. The SMILES string of the molecule is CCN1CCC(C(=O)OCCN2CCOCC2)CC1. The number of nitrogens with zero attached hydrogens (tertiary/aromatic N) is 2. The predicted molar refractivity (Wildman–Crippen MR) is 73.1 cm³/mol. The van der Waals surface area contributed by atoms with Gasteiger partial charge in [-0.15, -0.1) is 0 Å². The molecule has 0 spiro atoms. The van der Waals surface area contributed by atoms with E-state index in [2.05, 4.69) is 16.7 Å². The zero-order chi connectivity index (χ0) is 13.5. The minimum absolute atomic E-state index is 0.00372. The zero-order valence-electron chi connectivity index (χ0n) is 12.0. The van der Waals surface area contributed by atoms with Gasteiger partial charge in [0, 0.05) is 19.6 Å². The summed E-state index contributed by atoms with van der Waals surface area (Å²) >= 11 is 0. The van der Waals surface area contributed by atoms with Crippen LogP contribution in [0.1, 0.15) is 19.8 Å². The number of likely N-dealkylation sites (tertiary alicyclic amines) is 1. The number of piperidine rings is 1. The molecule has 19 heavy (non-hydrogen) atoms. The molecule has 0 saturated carbocycles. The lowest BCUT2D eigenvalue weighted by Crippen LogP contribution is -2.40. The second kappa shape index (κ2) is 7.82. The average molecular weight is 270 g/mol. The topological polar surface area (TPSA) is 42.0 Å². The summed E-state index contributed by atoms with van der Waals surface area (Å²) in [6.45, 7) is 10.2. The van der Waals surface area contributed by atoms with E-state index in [1.165, 1.54) is 0 Å². The molecule has 0 amide bonds. The van der Waals surface area contributed by atoms with E-state index in [0.717, 1.165) is 65.3 Å². The Kier molecular flexibility index (Phi) is 6.07. The Morgan fingerprint density at radius 1 is 1.16 bits per heavy atom. The van der Waals surface area contributed by atoms with Crippen molar-refractivity contribution in [3.8, 4) is 0 Å². The second-order valence-corrected chi connectivity index (χ2v) is 5.33. The fourth-order valence-corrected chi connectivity index (χ4v) is 2.70. The molecule has 2 heterocycles. The molecule has 2 aliphatic rings. The number of rotatable bonds is 5. The first kappa shape index (κ1) is 14.8. The number of hydrogen-bond donors (Lipinski definition) is 0. The number of carbonyl (C=O) groups is 1. The quantitative estimate of drug-likeness (QED) is 0.684. The second-order valence-electron chi connectivity index (χ2n) is 5.33. The van der Waals surface area contributed by atoms with Crippen molar-refractivity contribution in [2.75, 3.05) is 59.1 Å². The first-order chi connectivity index (χ1) is 9.29. The van der Waals surface area contributed by atoms with Gasteiger partial charge in [-0.25, -0.2) is 0 Å². The van der Waals surface area contributed by atoms with Crippen LogP contribution in [0.25, 0.3) is 0 Å². The molecular formula is C14H26N2O3. The summed E-state index contributed by atoms with van der Waals surface area (Å²) in [5.41, 5.74) is 0. The largest absolute Gasteiger partial charge is 0.464 e. The van der Waals surface area contributed by atoms with Gasteiger partial charge >= 0.3 is 5.97 Å². The molecule has 0 aromatic rings. The van der Waals surface area contributed by atoms with Crippen LogP contribution in [-0.2, 0) is 14.3 Å². The van der Waals surface area contributed by atoms with E-state index in [1.807, 2.05) is 0 Å². The van der Waals surface area contributed by atoms with Crippen LogP contribution in [0.5, 0.6) is 0 Å². The molecule has 0 bridgehead atoms. The normalized spacial score (nSPS) is 23.4. The number of ether oxygens (including phenoxy) is 2. The van der Waals surface area contributed by atoms with Crippen LogP contribution < -0.4 is 0 Å². The van der Waals surface area contributed by atoms with Crippen molar-refractivity contribution >= 4 is 5.97 Å². The van der Waals surface area contributed by atoms with Gasteiger partial charge in [0.05, 0.1) is 19.1 Å². The lowest BCUT2D eigenvalue weighted by molar-refractivity contribution is -0.150. The highest BCUT2D eigenvalue weighted by Crippen LogP contribution is 2.18. The molecule has 0 radical (unpaired) electrons. The van der Waals surface area contributed by atoms with E-state index in [1.54, 1.807) is 0 Å². The Hall–Kier alpha value is -0.650. The van der Waals surface area contributed by atoms with Crippen LogP contribution in [0.15, 0.2) is 0 Å². The van der Waals surface area contributed by atoms with Gasteiger partial charge in [-0.1, -0.05) is 6.92 Å². The molecular weight excluding hydrogens is 244 g/mol. The summed E-state index contributed by atoms with van der Waals surface area (Å²) in [5.74, 6) is 0.122. The van der Waals surface area contributed by atoms with E-state index < -0.39 is 0 Å². The number of hydrogen-bond acceptors (Lipinski definition) is 5. The van der Waals surface area contributed by atoms with Gasteiger partial charge in [0.1, 0.15) is 6.61 Å². The van der Waals surface area contributed by atoms with Crippen molar-refractivity contribution in [2.24, 2.45) is 5.92 Å². The maximum Gasteiger partial charge on any atom is 0.309 e. The molecule has 0 unspecified atom stereocenters. The van der Waals surface area contributed by atoms with Crippen LogP contribution in [0.3, 0.4) is 0 Å². The van der Waals surface area contributed by atoms with Crippen LogP contribution in [-0.4, -0.2) is 74.9 Å². The molecule has 0 aromatic carbocycles. The Bertz CT molecular complexity index is 272. The van der Waals surface area contributed by atoms with Gasteiger partial charge in [-0.2, -0.15) is 0 Å². The van der Waals surface area contributed by atoms with Crippen molar-refractivity contribution in [1.29, 1.82) is 0 Å². The lowest BCUT2D eigenvalue weighted by atomic mass is 9.97. The molecule has 0 aromatic heterocycles. The van der Waals surface area contributed by atoms with E-state index in [-0.39, 0.29) is 11.9 Å². The maximum atomic E-state index is 12.0. The van der Waals surface area contributed by atoms with Crippen molar-refractivity contribution in [3.05, 3.63) is 0 Å². The first-order valence-electron chi connectivity index (χ1n) is 7.48. The average Bonchev–Trinajstić information content (AvgIpc) is 2.48. The standard InChI is InChI=1S/C14H26N2O3/c1-2-15-5-3-13(4-6-15)14(17)19-12-9-16-7-10-18-11-8-16/h13H,2-12H2,1H3. The molecule has 0 aliphatic carbocycles. The van der Waals surface area contributed by atoms with Crippen molar-refractivity contribution in [2.45, 2.75) is 19.8 Å². The van der Waals surface area contributed by atoms with Crippen LogP contribution in [0.4, 0.5) is 0 Å². The summed E-state index contributed by atoms with van der Waals surface area (Å²) in [4.78, 5) is 16.6. The van der Waals surface area contributed by atoms with Crippen LogP contribution in [0, 0.1) is 5.92 Å². The van der Waals surface area contributed by atoms with Crippen molar-refractivity contribution in [1.82, 2.24) is 9.80 Å². The highest BCUT2D eigenvalue weighted by Gasteiger charge is 2.25. The van der Waals surface area contributed by atoms with Gasteiger partial charge in [0.2, 0.25) is 0 Å². The smallest absolute Gasteiger partial charge is 0.309 e. The Morgan fingerprint density at radius 2 is 1.84 bits per heavy atom. The summed E-state index contributed by atoms with van der Waals surface area (Å²) in [7, 11) is 0. The van der Waals surface area contributed by atoms with Crippen LogP contribution in [0.2, 0.25) is 0 Å². The van der Waals surface area contributed by atoms with Gasteiger partial charge in [0.15, 0.2) is 0 Å². The fraction of sp³-hybridized carbons (Fsp3) is 0.929. The molecule has 0 atom stereocenters. The van der Waals surface area contributed by atoms with E-state index >= 15 is 0 Å². The Labute approximate surface area is 115 Å². The summed E-state index contributed by atoms with van der Waals surface area (Å²) in [6, 6.07) is 0. The van der Waals surface area contributed by atoms with E-state index in [9.17, 15) is 4.79 Å². The minimum Gasteiger partial charge on any atom is -0.464 e. The van der Waals surface area contributed by atoms with Crippen molar-refractivity contribution < 1.29 is 14.3 Å². The lowest BCUT2D eigenvalue weighted by Gasteiger charge is -2.30. The summed E-state index contributed by atoms with van der Waals surface area (Å²) in [5, 5.41) is 0. The molecule has 110 valence electrons. The van der Waals surface area contributed by atoms with Gasteiger partial charge < -0.3 is 14.4 Å².